The number of halogens is 1. The molecule has 0 saturated heterocycles. The predicted molar refractivity (Wildman–Crippen MR) is 116 cm³/mol. The molecule has 156 valence electrons. The lowest BCUT2D eigenvalue weighted by Gasteiger charge is -2.40. The third-order valence-electron chi connectivity index (χ3n) is 5.82. The summed E-state index contributed by atoms with van der Waals surface area (Å²) in [6, 6.07) is 12.6. The molecule has 6 nitrogen and oxygen atoms in total. The highest BCUT2D eigenvalue weighted by atomic mass is 35.5. The first-order valence-electron chi connectivity index (χ1n) is 10.2. The van der Waals surface area contributed by atoms with E-state index in [-0.39, 0.29) is 5.91 Å². The van der Waals surface area contributed by atoms with E-state index in [4.69, 9.17) is 16.0 Å². The molecule has 2 aromatic carbocycles. The molecule has 1 aliphatic carbocycles. The summed E-state index contributed by atoms with van der Waals surface area (Å²) in [5.41, 5.74) is 2.36. The van der Waals surface area contributed by atoms with Crippen molar-refractivity contribution >= 4 is 34.9 Å². The second-order valence-corrected chi connectivity index (χ2v) is 8.13. The van der Waals surface area contributed by atoms with Crippen LogP contribution in [0.3, 0.4) is 0 Å². The molecule has 0 bridgehead atoms. The van der Waals surface area contributed by atoms with Crippen molar-refractivity contribution in [1.82, 2.24) is 15.2 Å². The number of aromatic nitrogens is 1. The number of aldehydes is 1. The number of nitrogens with one attached hydrogen (secondary N) is 1. The SMILES string of the molecule is CN(C(=O)c1ccc(-c2nc3cc(Cl)ccc3o2)cc1)C1(NCCC=O)CCCC1. The fourth-order valence-corrected chi connectivity index (χ4v) is 4.29. The zero-order valence-corrected chi connectivity index (χ0v) is 17.6. The van der Waals surface area contributed by atoms with E-state index in [1.54, 1.807) is 35.2 Å². The van der Waals surface area contributed by atoms with Gasteiger partial charge in [0, 0.05) is 36.2 Å². The number of carbonyl (C=O) groups is 2. The summed E-state index contributed by atoms with van der Waals surface area (Å²) in [6.07, 6.45) is 5.23. The van der Waals surface area contributed by atoms with Crippen molar-refractivity contribution in [1.29, 1.82) is 0 Å². The van der Waals surface area contributed by atoms with E-state index < -0.39 is 5.66 Å². The summed E-state index contributed by atoms with van der Waals surface area (Å²) in [5, 5.41) is 4.05. The van der Waals surface area contributed by atoms with Crippen molar-refractivity contribution in [3.05, 3.63) is 53.1 Å². The van der Waals surface area contributed by atoms with E-state index in [2.05, 4.69) is 10.3 Å². The van der Waals surface area contributed by atoms with Crippen molar-refractivity contribution in [2.75, 3.05) is 13.6 Å². The summed E-state index contributed by atoms with van der Waals surface area (Å²) < 4.78 is 5.81. The van der Waals surface area contributed by atoms with Crippen LogP contribution in [0.15, 0.2) is 46.9 Å². The van der Waals surface area contributed by atoms with Gasteiger partial charge >= 0.3 is 0 Å². The molecule has 1 heterocycles. The molecule has 4 rings (SSSR count). The number of oxazole rings is 1. The fraction of sp³-hybridized carbons (Fsp3) is 0.348. The van der Waals surface area contributed by atoms with Gasteiger partial charge in [0.1, 0.15) is 11.8 Å². The zero-order chi connectivity index (χ0) is 21.1. The van der Waals surface area contributed by atoms with E-state index in [1.807, 2.05) is 19.2 Å². The van der Waals surface area contributed by atoms with Gasteiger partial charge < -0.3 is 14.1 Å². The fourth-order valence-electron chi connectivity index (χ4n) is 4.12. The quantitative estimate of drug-likeness (QED) is 0.338. The average molecular weight is 426 g/mol. The van der Waals surface area contributed by atoms with Crippen LogP contribution in [0.25, 0.3) is 22.6 Å². The van der Waals surface area contributed by atoms with Gasteiger partial charge in [-0.25, -0.2) is 4.98 Å². The molecule has 1 aliphatic rings. The second-order valence-electron chi connectivity index (χ2n) is 7.69. The Hall–Kier alpha value is -2.70. The van der Waals surface area contributed by atoms with E-state index in [9.17, 15) is 9.59 Å². The number of amides is 1. The molecule has 0 unspecified atom stereocenters. The highest BCUT2D eigenvalue weighted by molar-refractivity contribution is 6.31. The molecule has 0 spiro atoms. The number of benzene rings is 2. The highest BCUT2D eigenvalue weighted by Crippen LogP contribution is 2.33. The van der Waals surface area contributed by atoms with Gasteiger partial charge in [-0.15, -0.1) is 0 Å². The molecular formula is C23H24ClN3O3. The van der Waals surface area contributed by atoms with Crippen molar-refractivity contribution in [3.8, 4) is 11.5 Å². The van der Waals surface area contributed by atoms with Crippen LogP contribution < -0.4 is 5.32 Å². The second kappa shape index (κ2) is 8.58. The summed E-state index contributed by atoms with van der Waals surface area (Å²) in [7, 11) is 1.83. The lowest BCUT2D eigenvalue weighted by atomic mass is 10.0. The van der Waals surface area contributed by atoms with Crippen molar-refractivity contribution in [2.24, 2.45) is 0 Å². The largest absolute Gasteiger partial charge is 0.436 e. The minimum absolute atomic E-state index is 0.0496. The van der Waals surface area contributed by atoms with Gasteiger partial charge in [0.05, 0.1) is 5.66 Å². The molecular weight excluding hydrogens is 402 g/mol. The van der Waals surface area contributed by atoms with Gasteiger partial charge in [0.25, 0.3) is 5.91 Å². The predicted octanol–water partition coefficient (Wildman–Crippen LogP) is 4.67. The first-order valence-corrected chi connectivity index (χ1v) is 10.5. The third kappa shape index (κ3) is 3.98. The summed E-state index contributed by atoms with van der Waals surface area (Å²) in [6.45, 7) is 0.571. The Bertz CT molecular complexity index is 1060. The Balaban J connectivity index is 1.53. The topological polar surface area (TPSA) is 75.4 Å². The maximum absolute atomic E-state index is 13.2. The molecule has 0 atom stereocenters. The molecule has 1 amide bonds. The molecule has 0 radical (unpaired) electrons. The van der Waals surface area contributed by atoms with Crippen molar-refractivity contribution in [3.63, 3.8) is 0 Å². The minimum atomic E-state index is -0.391. The minimum Gasteiger partial charge on any atom is -0.436 e. The van der Waals surface area contributed by atoms with Crippen LogP contribution in [0.1, 0.15) is 42.5 Å². The van der Waals surface area contributed by atoms with Gasteiger partial charge in [0.15, 0.2) is 5.58 Å². The molecule has 1 aromatic heterocycles. The maximum Gasteiger partial charge on any atom is 0.255 e. The lowest BCUT2D eigenvalue weighted by Crippen LogP contribution is -2.57. The number of carbonyl (C=O) groups excluding carboxylic acids is 2. The van der Waals surface area contributed by atoms with Gasteiger partial charge in [-0.2, -0.15) is 0 Å². The molecule has 0 aliphatic heterocycles. The molecule has 1 fully saturated rings. The molecule has 1 saturated carbocycles. The standard InChI is InChI=1S/C23H24ClN3O3/c1-27(23(11-2-3-12-23)25-13-4-14-28)22(29)17-7-5-16(6-8-17)21-26-19-15-18(24)9-10-20(19)30-21/h5-10,14-15,25H,2-4,11-13H2,1H3. The number of nitrogens with zero attached hydrogens (tertiary/aromatic N) is 2. The Labute approximate surface area is 180 Å². The van der Waals surface area contributed by atoms with Crippen LogP contribution in [0.5, 0.6) is 0 Å². The van der Waals surface area contributed by atoms with Crippen molar-refractivity contribution in [2.45, 2.75) is 37.8 Å². The third-order valence-corrected chi connectivity index (χ3v) is 6.06. The van der Waals surface area contributed by atoms with Crippen LogP contribution in [-0.2, 0) is 4.79 Å². The van der Waals surface area contributed by atoms with Crippen LogP contribution in [-0.4, -0.2) is 41.3 Å². The summed E-state index contributed by atoms with van der Waals surface area (Å²) >= 11 is 6.02. The van der Waals surface area contributed by atoms with E-state index in [0.717, 1.165) is 37.5 Å². The van der Waals surface area contributed by atoms with Gasteiger partial charge in [0.2, 0.25) is 5.89 Å². The number of rotatable bonds is 7. The van der Waals surface area contributed by atoms with E-state index in [1.165, 1.54) is 0 Å². The highest BCUT2D eigenvalue weighted by Gasteiger charge is 2.39. The number of hydrogen-bond acceptors (Lipinski definition) is 5. The molecule has 1 N–H and O–H groups in total. The first kappa shape index (κ1) is 20.6. The van der Waals surface area contributed by atoms with E-state index >= 15 is 0 Å². The number of fused-ring (bicyclic) bond motifs is 1. The number of hydrogen-bond donors (Lipinski definition) is 1. The first-order chi connectivity index (χ1) is 14.5. The Kier molecular flexibility index (Phi) is 5.88. The monoisotopic (exact) mass is 425 g/mol. The average Bonchev–Trinajstić information content (AvgIpc) is 3.40. The van der Waals surface area contributed by atoms with Crippen LogP contribution in [0, 0.1) is 0 Å². The Morgan fingerprint density at radius 2 is 1.97 bits per heavy atom. The Morgan fingerprint density at radius 1 is 1.23 bits per heavy atom. The van der Waals surface area contributed by atoms with Crippen LogP contribution >= 0.6 is 11.6 Å². The molecule has 7 heteroatoms. The molecule has 30 heavy (non-hydrogen) atoms. The van der Waals surface area contributed by atoms with Gasteiger partial charge in [-0.05, 0) is 68.1 Å². The van der Waals surface area contributed by atoms with Crippen LogP contribution in [0.4, 0.5) is 0 Å². The van der Waals surface area contributed by atoms with E-state index in [0.29, 0.717) is 40.5 Å². The normalized spacial score (nSPS) is 15.4. The summed E-state index contributed by atoms with van der Waals surface area (Å²) in [4.78, 5) is 30.1. The van der Waals surface area contributed by atoms with Crippen molar-refractivity contribution < 1.29 is 14.0 Å². The smallest absolute Gasteiger partial charge is 0.255 e. The maximum atomic E-state index is 13.2. The molecule has 3 aromatic rings. The lowest BCUT2D eigenvalue weighted by molar-refractivity contribution is -0.107. The summed E-state index contributed by atoms with van der Waals surface area (Å²) in [5.74, 6) is 0.439. The zero-order valence-electron chi connectivity index (χ0n) is 16.9. The Morgan fingerprint density at radius 3 is 2.67 bits per heavy atom. The van der Waals surface area contributed by atoms with Gasteiger partial charge in [-0.1, -0.05) is 11.6 Å². The van der Waals surface area contributed by atoms with Gasteiger partial charge in [-0.3, -0.25) is 10.1 Å². The van der Waals surface area contributed by atoms with Crippen LogP contribution in [0.2, 0.25) is 5.02 Å².